The highest BCUT2D eigenvalue weighted by molar-refractivity contribution is 7.92. The van der Waals surface area contributed by atoms with Gasteiger partial charge in [-0.25, -0.2) is 8.42 Å². The highest BCUT2D eigenvalue weighted by Gasteiger charge is 2.22. The molecule has 0 aliphatic heterocycles. The van der Waals surface area contributed by atoms with Crippen molar-refractivity contribution in [3.8, 4) is 11.5 Å². The molecule has 7 nitrogen and oxygen atoms in total. The van der Waals surface area contributed by atoms with E-state index in [4.69, 9.17) is 9.47 Å². The number of para-hydroxylation sites is 1. The van der Waals surface area contributed by atoms with Crippen LogP contribution in [0.4, 0.5) is 5.69 Å². The lowest BCUT2D eigenvalue weighted by Crippen LogP contribution is -2.39. The normalized spacial score (nSPS) is 13.3. The van der Waals surface area contributed by atoms with Gasteiger partial charge in [-0.05, 0) is 43.7 Å². The molecule has 0 radical (unpaired) electrons. The van der Waals surface area contributed by atoms with E-state index in [1.54, 1.807) is 31.4 Å². The smallest absolute Gasteiger partial charge is 0.261 e. The van der Waals surface area contributed by atoms with Gasteiger partial charge in [-0.3, -0.25) is 9.10 Å². The second-order valence-corrected chi connectivity index (χ2v) is 8.73. The number of anilines is 1. The third-order valence-corrected chi connectivity index (χ3v) is 5.81. The van der Waals surface area contributed by atoms with Crippen LogP contribution in [0.25, 0.3) is 0 Å². The lowest BCUT2D eigenvalue weighted by molar-refractivity contribution is -0.128. The Hall–Kier alpha value is -2.74. The van der Waals surface area contributed by atoms with Crippen LogP contribution < -0.4 is 19.1 Å². The van der Waals surface area contributed by atoms with Crippen LogP contribution in [-0.2, 0) is 14.8 Å². The highest BCUT2D eigenvalue weighted by atomic mass is 32.2. The molecule has 2 atom stereocenters. The summed E-state index contributed by atoms with van der Waals surface area (Å²) in [4.78, 5) is 12.7. The Kier molecular flexibility index (Phi) is 7.50. The van der Waals surface area contributed by atoms with Crippen LogP contribution in [0, 0.1) is 0 Å². The second-order valence-electron chi connectivity index (χ2n) is 6.71. The molecule has 0 saturated heterocycles. The summed E-state index contributed by atoms with van der Waals surface area (Å²) in [5.41, 5.74) is 1.40. The first-order chi connectivity index (χ1) is 13.7. The van der Waals surface area contributed by atoms with Gasteiger partial charge in [0.1, 0.15) is 11.5 Å². The Bertz CT molecular complexity index is 928. The van der Waals surface area contributed by atoms with E-state index >= 15 is 0 Å². The number of carbonyl (C=O) groups excluding carboxylic acids is 1. The molecule has 29 heavy (non-hydrogen) atoms. The number of hydrogen-bond donors (Lipinski definition) is 1. The zero-order valence-corrected chi connectivity index (χ0v) is 18.2. The zero-order chi connectivity index (χ0) is 21.6. The van der Waals surface area contributed by atoms with Gasteiger partial charge in [0, 0.05) is 12.6 Å². The number of benzene rings is 2. The number of nitrogens with zero attached hydrogens (tertiary/aromatic N) is 1. The minimum absolute atomic E-state index is 0.233. The number of methoxy groups -OCH3 is 1. The van der Waals surface area contributed by atoms with Gasteiger partial charge < -0.3 is 14.8 Å². The molecule has 1 amide bonds. The van der Waals surface area contributed by atoms with E-state index in [1.807, 2.05) is 38.1 Å². The summed E-state index contributed by atoms with van der Waals surface area (Å²) in [5.74, 6) is 0.964. The van der Waals surface area contributed by atoms with Gasteiger partial charge in [0.25, 0.3) is 5.91 Å². The maximum atomic E-state index is 12.7. The minimum Gasteiger partial charge on any atom is -0.496 e. The van der Waals surface area contributed by atoms with Gasteiger partial charge in [0.15, 0.2) is 6.10 Å². The van der Waals surface area contributed by atoms with Crippen molar-refractivity contribution in [1.29, 1.82) is 0 Å². The molecule has 0 heterocycles. The number of ether oxygens (including phenoxy) is 2. The van der Waals surface area contributed by atoms with Crippen molar-refractivity contribution in [2.45, 2.75) is 32.4 Å². The predicted octanol–water partition coefficient (Wildman–Crippen LogP) is 3.13. The molecule has 0 saturated carbocycles. The number of hydrogen-bond acceptors (Lipinski definition) is 5. The maximum Gasteiger partial charge on any atom is 0.261 e. The Balaban J connectivity index is 2.06. The summed E-state index contributed by atoms with van der Waals surface area (Å²) in [5, 5.41) is 2.96. The first-order valence-electron chi connectivity index (χ1n) is 9.31. The van der Waals surface area contributed by atoms with Crippen LogP contribution in [0.3, 0.4) is 0 Å². The summed E-state index contributed by atoms with van der Waals surface area (Å²) in [6.07, 6.45) is 0.943. The second kappa shape index (κ2) is 9.65. The van der Waals surface area contributed by atoms with E-state index in [1.165, 1.54) is 11.4 Å². The van der Waals surface area contributed by atoms with Crippen LogP contribution in [0.5, 0.6) is 11.5 Å². The van der Waals surface area contributed by atoms with Gasteiger partial charge in [0.05, 0.1) is 25.1 Å². The molecule has 2 aromatic carbocycles. The average Bonchev–Trinajstić information content (AvgIpc) is 2.70. The van der Waals surface area contributed by atoms with Crippen molar-refractivity contribution in [1.82, 2.24) is 5.32 Å². The monoisotopic (exact) mass is 420 g/mol. The first-order valence-corrected chi connectivity index (χ1v) is 11.2. The number of rotatable bonds is 9. The molecule has 0 aliphatic carbocycles. The largest absolute Gasteiger partial charge is 0.496 e. The lowest BCUT2D eigenvalue weighted by Gasteiger charge is -2.22. The highest BCUT2D eigenvalue weighted by Crippen LogP contribution is 2.25. The van der Waals surface area contributed by atoms with Gasteiger partial charge in [-0.1, -0.05) is 25.1 Å². The first kappa shape index (κ1) is 22.5. The number of sulfonamides is 1. The minimum atomic E-state index is -3.34. The number of nitrogens with one attached hydrogen (secondary N) is 1. The van der Waals surface area contributed by atoms with Crippen LogP contribution in [0.1, 0.15) is 31.9 Å². The molecule has 2 rings (SSSR count). The summed E-state index contributed by atoms with van der Waals surface area (Å²) in [6.45, 7) is 3.75. The molecule has 0 aromatic heterocycles. The van der Waals surface area contributed by atoms with Crippen LogP contribution >= 0.6 is 0 Å². The van der Waals surface area contributed by atoms with Gasteiger partial charge in [-0.2, -0.15) is 0 Å². The quantitative estimate of drug-likeness (QED) is 0.674. The van der Waals surface area contributed by atoms with Crippen LogP contribution in [0.15, 0.2) is 48.5 Å². The fraction of sp³-hybridized carbons (Fsp3) is 0.381. The molecular formula is C21H28N2O5S. The van der Waals surface area contributed by atoms with E-state index in [0.717, 1.165) is 11.8 Å². The standard InChI is InChI=1S/C21H28N2O5S/c1-6-19(21(24)22-15(2)18-9-7-8-10-20(18)27-4)28-17-13-11-16(12-14-17)23(3)29(5,25)26/h7-15,19H,6H2,1-5H3,(H,22,24)/t15-,19-/m1/s1. The SMILES string of the molecule is CC[C@@H](Oc1ccc(N(C)S(C)(=O)=O)cc1)C(=O)N[C@H](C)c1ccccc1OC. The van der Waals surface area contributed by atoms with Crippen molar-refractivity contribution in [3.05, 3.63) is 54.1 Å². The third kappa shape index (κ3) is 5.87. The summed E-state index contributed by atoms with van der Waals surface area (Å²) < 4.78 is 35.6. The van der Waals surface area contributed by atoms with E-state index in [9.17, 15) is 13.2 Å². The van der Waals surface area contributed by atoms with Gasteiger partial charge in [-0.15, -0.1) is 0 Å². The Morgan fingerprint density at radius 1 is 1.14 bits per heavy atom. The molecular weight excluding hydrogens is 392 g/mol. The fourth-order valence-electron chi connectivity index (χ4n) is 2.82. The van der Waals surface area contributed by atoms with E-state index in [2.05, 4.69) is 5.32 Å². The third-order valence-electron chi connectivity index (χ3n) is 4.60. The zero-order valence-electron chi connectivity index (χ0n) is 17.4. The van der Waals surface area contributed by atoms with Gasteiger partial charge >= 0.3 is 0 Å². The Morgan fingerprint density at radius 3 is 2.31 bits per heavy atom. The number of amides is 1. The van der Waals surface area contributed by atoms with Crippen molar-refractivity contribution in [2.75, 3.05) is 24.7 Å². The van der Waals surface area contributed by atoms with Crippen LogP contribution in [-0.4, -0.2) is 40.8 Å². The fourth-order valence-corrected chi connectivity index (χ4v) is 3.33. The maximum absolute atomic E-state index is 12.7. The molecule has 0 aliphatic rings. The van der Waals surface area contributed by atoms with E-state index in [0.29, 0.717) is 23.6 Å². The molecule has 8 heteroatoms. The Morgan fingerprint density at radius 2 is 1.76 bits per heavy atom. The van der Waals surface area contributed by atoms with Crippen molar-refractivity contribution >= 4 is 21.6 Å². The predicted molar refractivity (Wildman–Crippen MR) is 114 cm³/mol. The topological polar surface area (TPSA) is 84.9 Å². The average molecular weight is 421 g/mol. The molecule has 0 bridgehead atoms. The molecule has 0 fully saturated rings. The van der Waals surface area contributed by atoms with E-state index < -0.39 is 16.1 Å². The number of carbonyl (C=O) groups is 1. The van der Waals surface area contributed by atoms with Gasteiger partial charge in [0.2, 0.25) is 10.0 Å². The Labute approximate surface area is 172 Å². The van der Waals surface area contributed by atoms with E-state index in [-0.39, 0.29) is 11.9 Å². The summed E-state index contributed by atoms with van der Waals surface area (Å²) in [7, 11) is -0.265. The van der Waals surface area contributed by atoms with Crippen molar-refractivity contribution in [2.24, 2.45) is 0 Å². The van der Waals surface area contributed by atoms with Crippen molar-refractivity contribution < 1.29 is 22.7 Å². The van der Waals surface area contributed by atoms with Crippen molar-refractivity contribution in [3.63, 3.8) is 0 Å². The molecule has 2 aromatic rings. The molecule has 0 spiro atoms. The molecule has 0 unspecified atom stereocenters. The summed E-state index contributed by atoms with van der Waals surface area (Å²) in [6, 6.07) is 13.8. The lowest BCUT2D eigenvalue weighted by atomic mass is 10.1. The molecule has 1 N–H and O–H groups in total. The molecule has 158 valence electrons. The van der Waals surface area contributed by atoms with Crippen LogP contribution in [0.2, 0.25) is 0 Å². The summed E-state index contributed by atoms with van der Waals surface area (Å²) >= 11 is 0.